The van der Waals surface area contributed by atoms with Gasteiger partial charge in [0.2, 0.25) is 5.91 Å². The van der Waals surface area contributed by atoms with Gasteiger partial charge in [0.25, 0.3) is 5.91 Å². The van der Waals surface area contributed by atoms with Crippen LogP contribution in [-0.4, -0.2) is 17.5 Å². The Kier molecular flexibility index (Phi) is 4.42. The second kappa shape index (κ2) is 6.66. The molecule has 0 aromatic heterocycles. The molecule has 1 aliphatic rings. The molecular weight excluding hydrogens is 302 g/mol. The van der Waals surface area contributed by atoms with E-state index in [2.05, 4.69) is 10.4 Å². The van der Waals surface area contributed by atoms with Gasteiger partial charge in [-0.2, -0.15) is 5.10 Å². The van der Waals surface area contributed by atoms with E-state index in [0.29, 0.717) is 5.71 Å². The molecule has 5 heteroatoms. The van der Waals surface area contributed by atoms with Gasteiger partial charge in [-0.1, -0.05) is 48.5 Å². The van der Waals surface area contributed by atoms with Crippen LogP contribution in [0.15, 0.2) is 65.8 Å². The number of anilines is 1. The van der Waals surface area contributed by atoms with Crippen molar-refractivity contribution in [3.63, 3.8) is 0 Å². The summed E-state index contributed by atoms with van der Waals surface area (Å²) in [6.45, 7) is 3.28. The van der Waals surface area contributed by atoms with E-state index < -0.39 is 12.0 Å². The maximum atomic E-state index is 13.0. The lowest BCUT2D eigenvalue weighted by atomic mass is 9.89. The molecule has 0 radical (unpaired) electrons. The fourth-order valence-corrected chi connectivity index (χ4v) is 2.96. The Bertz CT molecular complexity index is 772. The number of rotatable bonds is 4. The largest absolute Gasteiger partial charge is 0.348 e. The summed E-state index contributed by atoms with van der Waals surface area (Å²) in [7, 11) is 0. The van der Waals surface area contributed by atoms with Gasteiger partial charge < -0.3 is 5.32 Å². The summed E-state index contributed by atoms with van der Waals surface area (Å²) in [4.78, 5) is 24.6. The fraction of sp³-hybridized carbons (Fsp3) is 0.211. The minimum Gasteiger partial charge on any atom is -0.348 e. The minimum atomic E-state index is -0.517. The minimum absolute atomic E-state index is 0.138. The number of carbonyl (C=O) groups is 2. The summed E-state index contributed by atoms with van der Waals surface area (Å²) in [5.74, 6) is -0.833. The Morgan fingerprint density at radius 1 is 1.08 bits per heavy atom. The van der Waals surface area contributed by atoms with Crippen molar-refractivity contribution in [2.24, 2.45) is 11.0 Å². The van der Waals surface area contributed by atoms with E-state index in [-0.39, 0.29) is 11.8 Å². The van der Waals surface area contributed by atoms with Gasteiger partial charge >= 0.3 is 0 Å². The maximum Gasteiger partial charge on any atom is 0.258 e. The zero-order chi connectivity index (χ0) is 17.1. The van der Waals surface area contributed by atoms with Crippen LogP contribution >= 0.6 is 0 Å². The third-order valence-corrected chi connectivity index (χ3v) is 4.03. The van der Waals surface area contributed by atoms with Gasteiger partial charge in [-0.05, 0) is 24.6 Å². The molecule has 1 heterocycles. The van der Waals surface area contributed by atoms with Crippen molar-refractivity contribution in [3.05, 3.63) is 66.2 Å². The molecular formula is C19H19N3O2. The van der Waals surface area contributed by atoms with Crippen LogP contribution < -0.4 is 10.3 Å². The lowest BCUT2D eigenvalue weighted by Crippen LogP contribution is -2.39. The van der Waals surface area contributed by atoms with Crippen LogP contribution in [0.25, 0.3) is 0 Å². The molecule has 0 fully saturated rings. The van der Waals surface area contributed by atoms with Crippen LogP contribution in [-0.2, 0) is 9.59 Å². The Labute approximate surface area is 141 Å². The monoisotopic (exact) mass is 321 g/mol. The van der Waals surface area contributed by atoms with Crippen molar-refractivity contribution in [1.29, 1.82) is 0 Å². The highest BCUT2D eigenvalue weighted by molar-refractivity contribution is 6.15. The SMILES string of the molecule is CC(=O)N[C@H](c1ccccc1)[C@H]1C(=O)N(c2ccccc2)N=C1C. The van der Waals surface area contributed by atoms with Gasteiger partial charge in [0.15, 0.2) is 0 Å². The first-order valence-electron chi connectivity index (χ1n) is 7.84. The molecule has 24 heavy (non-hydrogen) atoms. The third kappa shape index (κ3) is 3.06. The smallest absolute Gasteiger partial charge is 0.258 e. The summed E-state index contributed by atoms with van der Waals surface area (Å²) in [5, 5.41) is 8.74. The first-order chi connectivity index (χ1) is 11.6. The van der Waals surface area contributed by atoms with Crippen LogP contribution in [0.1, 0.15) is 25.5 Å². The summed E-state index contributed by atoms with van der Waals surface area (Å²) < 4.78 is 0. The van der Waals surface area contributed by atoms with Crippen molar-refractivity contribution >= 4 is 23.2 Å². The second-order valence-electron chi connectivity index (χ2n) is 5.79. The molecule has 2 atom stereocenters. The van der Waals surface area contributed by atoms with Crippen molar-refractivity contribution in [3.8, 4) is 0 Å². The van der Waals surface area contributed by atoms with Crippen molar-refractivity contribution in [2.45, 2.75) is 19.9 Å². The molecule has 1 aliphatic heterocycles. The Balaban J connectivity index is 1.96. The second-order valence-corrected chi connectivity index (χ2v) is 5.79. The summed E-state index contributed by atoms with van der Waals surface area (Å²) >= 11 is 0. The van der Waals surface area contributed by atoms with Crippen LogP contribution in [0.2, 0.25) is 0 Å². The third-order valence-electron chi connectivity index (χ3n) is 4.03. The number of nitrogens with one attached hydrogen (secondary N) is 1. The Morgan fingerprint density at radius 3 is 2.25 bits per heavy atom. The maximum absolute atomic E-state index is 13.0. The highest BCUT2D eigenvalue weighted by atomic mass is 16.2. The number of hydrogen-bond donors (Lipinski definition) is 1. The van der Waals surface area contributed by atoms with E-state index in [1.165, 1.54) is 11.9 Å². The molecule has 2 aromatic carbocycles. The van der Waals surface area contributed by atoms with Crippen LogP contribution in [0.3, 0.4) is 0 Å². The van der Waals surface area contributed by atoms with E-state index in [4.69, 9.17) is 0 Å². The van der Waals surface area contributed by atoms with Crippen LogP contribution in [0.4, 0.5) is 5.69 Å². The van der Waals surface area contributed by atoms with E-state index in [1.54, 1.807) is 0 Å². The van der Waals surface area contributed by atoms with Gasteiger partial charge in [-0.15, -0.1) is 0 Å². The average Bonchev–Trinajstić information content (AvgIpc) is 2.89. The zero-order valence-corrected chi connectivity index (χ0v) is 13.6. The van der Waals surface area contributed by atoms with Gasteiger partial charge in [0, 0.05) is 6.92 Å². The van der Waals surface area contributed by atoms with Crippen molar-refractivity contribution in [1.82, 2.24) is 5.32 Å². The van der Waals surface area contributed by atoms with E-state index in [9.17, 15) is 9.59 Å². The quantitative estimate of drug-likeness (QED) is 0.941. The van der Waals surface area contributed by atoms with E-state index in [0.717, 1.165) is 11.3 Å². The molecule has 0 spiro atoms. The standard InChI is InChI=1S/C19H19N3O2/c1-13-17(18(20-14(2)23)15-9-5-3-6-10-15)19(24)22(21-13)16-11-7-4-8-12-16/h3-12,17-18H,1-2H3,(H,20,23)/t17-,18+/m0/s1. The predicted octanol–water partition coefficient (Wildman–Crippen LogP) is 2.90. The Morgan fingerprint density at radius 2 is 1.67 bits per heavy atom. The fourth-order valence-electron chi connectivity index (χ4n) is 2.96. The summed E-state index contributed by atoms with van der Waals surface area (Å²) in [6.07, 6.45) is 0. The number of nitrogens with zero attached hydrogens (tertiary/aromatic N) is 2. The topological polar surface area (TPSA) is 61.8 Å². The highest BCUT2D eigenvalue weighted by Crippen LogP contribution is 2.32. The lowest BCUT2D eigenvalue weighted by Gasteiger charge is -2.24. The molecule has 0 bridgehead atoms. The zero-order valence-electron chi connectivity index (χ0n) is 13.6. The summed E-state index contributed by atoms with van der Waals surface area (Å²) in [5.41, 5.74) is 2.29. The predicted molar refractivity (Wildman–Crippen MR) is 93.5 cm³/mol. The number of benzene rings is 2. The lowest BCUT2D eigenvalue weighted by molar-refractivity contribution is -0.122. The van der Waals surface area contributed by atoms with Crippen LogP contribution in [0.5, 0.6) is 0 Å². The molecule has 0 unspecified atom stereocenters. The van der Waals surface area contributed by atoms with Gasteiger partial charge in [0.1, 0.15) is 5.92 Å². The van der Waals surface area contributed by atoms with E-state index >= 15 is 0 Å². The van der Waals surface area contributed by atoms with Crippen molar-refractivity contribution in [2.75, 3.05) is 5.01 Å². The highest BCUT2D eigenvalue weighted by Gasteiger charge is 2.41. The molecule has 3 rings (SSSR count). The first-order valence-corrected chi connectivity index (χ1v) is 7.84. The molecule has 122 valence electrons. The number of hydrogen-bond acceptors (Lipinski definition) is 3. The molecule has 0 saturated heterocycles. The molecule has 0 saturated carbocycles. The van der Waals surface area contributed by atoms with Gasteiger partial charge in [-0.25, -0.2) is 5.01 Å². The number of para-hydroxylation sites is 1. The first kappa shape index (κ1) is 15.9. The van der Waals surface area contributed by atoms with Crippen LogP contribution in [0, 0.1) is 5.92 Å². The van der Waals surface area contributed by atoms with E-state index in [1.807, 2.05) is 67.6 Å². The molecule has 2 aromatic rings. The molecule has 1 N–H and O–H groups in total. The average molecular weight is 321 g/mol. The normalized spacial score (nSPS) is 18.2. The molecule has 0 aliphatic carbocycles. The molecule has 2 amide bonds. The number of hydrazone groups is 1. The number of amides is 2. The van der Waals surface area contributed by atoms with Gasteiger partial charge in [-0.3, -0.25) is 9.59 Å². The Hall–Kier alpha value is -2.95. The molecule has 5 nitrogen and oxygen atoms in total. The summed E-state index contributed by atoms with van der Waals surface area (Å²) in [6, 6.07) is 18.4. The van der Waals surface area contributed by atoms with Gasteiger partial charge in [0.05, 0.1) is 17.4 Å². The number of carbonyl (C=O) groups excluding carboxylic acids is 2. The van der Waals surface area contributed by atoms with Crippen molar-refractivity contribution < 1.29 is 9.59 Å².